The molecular weight excluding hydrogens is 136 g/mol. The van der Waals surface area contributed by atoms with E-state index in [4.69, 9.17) is 0 Å². The molecule has 0 spiro atoms. The first-order chi connectivity index (χ1) is 5.03. The molecule has 3 saturated carbocycles. The minimum atomic E-state index is -0.00926. The first-order valence-electron chi connectivity index (χ1n) is 4.71. The van der Waals surface area contributed by atoms with Crippen molar-refractivity contribution in [3.8, 4) is 0 Å². The molecule has 1 N–H and O–H groups in total. The summed E-state index contributed by atoms with van der Waals surface area (Å²) in [5.74, 6) is 2.23. The van der Waals surface area contributed by atoms with E-state index < -0.39 is 0 Å². The Morgan fingerprint density at radius 2 is 1.82 bits per heavy atom. The fraction of sp³-hybridized carbons (Fsp3) is 1.00. The Morgan fingerprint density at radius 3 is 2.18 bits per heavy atom. The predicted octanol–water partition coefficient (Wildman–Crippen LogP) is 2.05. The van der Waals surface area contributed by atoms with Crippen LogP contribution in [0.2, 0.25) is 0 Å². The van der Waals surface area contributed by atoms with Crippen LogP contribution in [0.1, 0.15) is 33.6 Å². The van der Waals surface area contributed by atoms with E-state index in [9.17, 15) is 5.11 Å². The van der Waals surface area contributed by atoms with Crippen LogP contribution in [-0.4, -0.2) is 11.2 Å². The van der Waals surface area contributed by atoms with Crippen molar-refractivity contribution in [1.29, 1.82) is 0 Å². The number of aliphatic hydroxyl groups is 1. The monoisotopic (exact) mass is 154 g/mol. The molecule has 3 aliphatic rings. The molecular formula is C10H18O. The Labute approximate surface area is 68.8 Å². The van der Waals surface area contributed by atoms with Crippen molar-refractivity contribution in [2.45, 2.75) is 39.7 Å². The lowest BCUT2D eigenvalue weighted by Crippen LogP contribution is -2.57. The summed E-state index contributed by atoms with van der Waals surface area (Å²) < 4.78 is 0. The number of fused-ring (bicyclic) bond motifs is 2. The predicted molar refractivity (Wildman–Crippen MR) is 45.2 cm³/mol. The van der Waals surface area contributed by atoms with E-state index in [1.165, 1.54) is 6.42 Å². The van der Waals surface area contributed by atoms with Crippen molar-refractivity contribution in [1.82, 2.24) is 0 Å². The van der Waals surface area contributed by atoms with Crippen LogP contribution in [0.4, 0.5) is 0 Å². The quantitative estimate of drug-likeness (QED) is 0.566. The molecule has 0 aromatic heterocycles. The number of hydrogen-bond donors (Lipinski definition) is 1. The molecule has 0 aromatic rings. The van der Waals surface area contributed by atoms with Gasteiger partial charge in [0, 0.05) is 0 Å². The Kier molecular flexibility index (Phi) is 1.39. The SMILES string of the molecule is C[C@@H]1C[C@H](O)[C@H]2C[C@@H]1C2(C)C. The maximum Gasteiger partial charge on any atom is 0.0576 e. The van der Waals surface area contributed by atoms with Crippen LogP contribution in [-0.2, 0) is 0 Å². The Morgan fingerprint density at radius 1 is 1.18 bits per heavy atom. The first kappa shape index (κ1) is 7.60. The molecule has 0 heterocycles. The number of rotatable bonds is 0. The fourth-order valence-electron chi connectivity index (χ4n) is 3.32. The van der Waals surface area contributed by atoms with Crippen molar-refractivity contribution in [2.75, 3.05) is 0 Å². The lowest BCUT2D eigenvalue weighted by Gasteiger charge is -2.61. The summed E-state index contributed by atoms with van der Waals surface area (Å²) in [6.45, 7) is 6.90. The van der Waals surface area contributed by atoms with Gasteiger partial charge in [0.25, 0.3) is 0 Å². The smallest absolute Gasteiger partial charge is 0.0576 e. The van der Waals surface area contributed by atoms with Crippen molar-refractivity contribution in [3.05, 3.63) is 0 Å². The molecule has 0 radical (unpaired) electrons. The summed E-state index contributed by atoms with van der Waals surface area (Å²) in [5, 5.41) is 9.72. The zero-order chi connectivity index (χ0) is 8.22. The van der Waals surface area contributed by atoms with Crippen LogP contribution in [0.3, 0.4) is 0 Å². The molecule has 0 aromatic carbocycles. The van der Waals surface area contributed by atoms with E-state index in [0.29, 0.717) is 11.3 Å². The van der Waals surface area contributed by atoms with Gasteiger partial charge >= 0.3 is 0 Å². The Bertz CT molecular complexity index is 158. The van der Waals surface area contributed by atoms with Gasteiger partial charge in [-0.15, -0.1) is 0 Å². The van der Waals surface area contributed by atoms with Gasteiger partial charge in [0.1, 0.15) is 0 Å². The highest BCUT2D eigenvalue weighted by molar-refractivity contribution is 5.05. The van der Waals surface area contributed by atoms with E-state index in [-0.39, 0.29) is 6.10 Å². The Hall–Kier alpha value is -0.0400. The molecule has 3 rings (SSSR count). The van der Waals surface area contributed by atoms with Gasteiger partial charge in [-0.25, -0.2) is 0 Å². The highest BCUT2D eigenvalue weighted by Crippen LogP contribution is 2.61. The summed E-state index contributed by atoms with van der Waals surface area (Å²) in [5.41, 5.74) is 0.428. The molecule has 3 fully saturated rings. The largest absolute Gasteiger partial charge is 0.393 e. The average molecular weight is 154 g/mol. The van der Waals surface area contributed by atoms with Crippen LogP contribution >= 0.6 is 0 Å². The third-order valence-electron chi connectivity index (χ3n) is 4.18. The van der Waals surface area contributed by atoms with E-state index in [1.54, 1.807) is 0 Å². The third-order valence-corrected chi connectivity index (χ3v) is 4.18. The van der Waals surface area contributed by atoms with Gasteiger partial charge in [-0.1, -0.05) is 20.8 Å². The molecule has 64 valence electrons. The summed E-state index contributed by atoms with van der Waals surface area (Å²) >= 11 is 0. The van der Waals surface area contributed by atoms with Gasteiger partial charge in [0.05, 0.1) is 6.10 Å². The minimum Gasteiger partial charge on any atom is -0.393 e. The molecule has 1 heteroatoms. The van der Waals surface area contributed by atoms with Gasteiger partial charge < -0.3 is 5.11 Å². The minimum absolute atomic E-state index is 0.00926. The highest BCUT2D eigenvalue weighted by Gasteiger charge is 2.56. The second-order valence-corrected chi connectivity index (χ2v) is 5.05. The molecule has 2 bridgehead atoms. The van der Waals surface area contributed by atoms with E-state index in [1.807, 2.05) is 0 Å². The molecule has 11 heavy (non-hydrogen) atoms. The summed E-state index contributed by atoms with van der Waals surface area (Å²) in [6.07, 6.45) is 2.30. The average Bonchev–Trinajstić information content (AvgIpc) is 1.84. The summed E-state index contributed by atoms with van der Waals surface area (Å²) in [6, 6.07) is 0. The molecule has 3 aliphatic carbocycles. The van der Waals surface area contributed by atoms with Gasteiger partial charge in [-0.3, -0.25) is 0 Å². The molecule has 0 unspecified atom stereocenters. The number of hydrogen-bond acceptors (Lipinski definition) is 1. The topological polar surface area (TPSA) is 20.2 Å². The van der Waals surface area contributed by atoms with Crippen LogP contribution in [0, 0.1) is 23.2 Å². The highest BCUT2D eigenvalue weighted by atomic mass is 16.3. The van der Waals surface area contributed by atoms with E-state index in [2.05, 4.69) is 20.8 Å². The van der Waals surface area contributed by atoms with Crippen LogP contribution < -0.4 is 0 Å². The normalized spacial score (nSPS) is 53.5. The molecule has 1 nitrogen and oxygen atoms in total. The zero-order valence-corrected chi connectivity index (χ0v) is 7.67. The van der Waals surface area contributed by atoms with Gasteiger partial charge in [-0.2, -0.15) is 0 Å². The molecule has 0 saturated heterocycles. The molecule has 0 aliphatic heterocycles. The van der Waals surface area contributed by atoms with E-state index in [0.717, 1.165) is 18.3 Å². The third kappa shape index (κ3) is 0.807. The fourth-order valence-corrected chi connectivity index (χ4v) is 3.32. The summed E-state index contributed by atoms with van der Waals surface area (Å²) in [7, 11) is 0. The second-order valence-electron chi connectivity index (χ2n) is 5.05. The summed E-state index contributed by atoms with van der Waals surface area (Å²) in [4.78, 5) is 0. The van der Waals surface area contributed by atoms with Crippen molar-refractivity contribution in [3.63, 3.8) is 0 Å². The van der Waals surface area contributed by atoms with E-state index >= 15 is 0 Å². The molecule has 0 amide bonds. The first-order valence-corrected chi connectivity index (χ1v) is 4.71. The maximum atomic E-state index is 9.72. The van der Waals surface area contributed by atoms with Crippen LogP contribution in [0.25, 0.3) is 0 Å². The van der Waals surface area contributed by atoms with Crippen molar-refractivity contribution < 1.29 is 5.11 Å². The maximum absolute atomic E-state index is 9.72. The van der Waals surface area contributed by atoms with Gasteiger partial charge in [0.15, 0.2) is 0 Å². The van der Waals surface area contributed by atoms with Crippen molar-refractivity contribution in [2.24, 2.45) is 23.2 Å². The lowest BCUT2D eigenvalue weighted by molar-refractivity contribution is -0.167. The van der Waals surface area contributed by atoms with Crippen molar-refractivity contribution >= 4 is 0 Å². The van der Waals surface area contributed by atoms with Crippen LogP contribution in [0.5, 0.6) is 0 Å². The standard InChI is InChI=1S/C10H18O/c1-6-4-9(11)8-5-7(6)10(8,2)3/h6-9,11H,4-5H2,1-3H3/t6-,7+,8-,9+/m1/s1. The van der Waals surface area contributed by atoms with Gasteiger partial charge in [-0.05, 0) is 36.0 Å². The number of aliphatic hydroxyl groups excluding tert-OH is 1. The Balaban J connectivity index is 2.20. The zero-order valence-electron chi connectivity index (χ0n) is 7.67. The van der Waals surface area contributed by atoms with Crippen LogP contribution in [0.15, 0.2) is 0 Å². The van der Waals surface area contributed by atoms with Gasteiger partial charge in [0.2, 0.25) is 0 Å². The second kappa shape index (κ2) is 2.01. The molecule has 4 atom stereocenters. The lowest BCUT2D eigenvalue weighted by atomic mass is 9.45.